The van der Waals surface area contributed by atoms with Crippen LogP contribution in [0.1, 0.15) is 40.9 Å². The van der Waals surface area contributed by atoms with Crippen LogP contribution in [0.15, 0.2) is 46.2 Å². The first-order valence-electron chi connectivity index (χ1n) is 9.63. The molecule has 1 atom stereocenters. The van der Waals surface area contributed by atoms with Crippen LogP contribution in [0.5, 0.6) is 0 Å². The topological polar surface area (TPSA) is 78.1 Å². The van der Waals surface area contributed by atoms with E-state index in [1.165, 1.54) is 11.3 Å². The molecule has 1 aromatic carbocycles. The summed E-state index contributed by atoms with van der Waals surface area (Å²) in [5, 5.41) is 10.8. The molecule has 1 aliphatic carbocycles. The molecule has 29 heavy (non-hydrogen) atoms. The third-order valence-corrected chi connectivity index (χ3v) is 6.09. The molecule has 5 rings (SSSR count). The normalized spacial score (nSPS) is 16.0. The Balaban J connectivity index is 1.44. The summed E-state index contributed by atoms with van der Waals surface area (Å²) in [6, 6.07) is 11.6. The van der Waals surface area contributed by atoms with Crippen molar-refractivity contribution < 1.29 is 13.9 Å². The van der Waals surface area contributed by atoms with E-state index in [9.17, 15) is 4.79 Å². The Morgan fingerprint density at radius 3 is 3.00 bits per heavy atom. The summed E-state index contributed by atoms with van der Waals surface area (Å²) in [6.07, 6.45) is 2.80. The molecule has 0 bridgehead atoms. The first kappa shape index (κ1) is 18.0. The van der Waals surface area contributed by atoms with E-state index in [0.29, 0.717) is 17.4 Å². The molecular weight excluding hydrogens is 386 g/mol. The quantitative estimate of drug-likeness (QED) is 0.453. The highest BCUT2D eigenvalue weighted by Gasteiger charge is 2.26. The summed E-state index contributed by atoms with van der Waals surface area (Å²) in [7, 11) is 0. The summed E-state index contributed by atoms with van der Waals surface area (Å²) in [5.74, 6) is 0.861. The number of hydrogen-bond donors (Lipinski definition) is 0. The van der Waals surface area contributed by atoms with E-state index in [2.05, 4.69) is 17.1 Å². The summed E-state index contributed by atoms with van der Waals surface area (Å²) in [6.45, 7) is 2.15. The Labute approximate surface area is 171 Å². The summed E-state index contributed by atoms with van der Waals surface area (Å²) >= 11 is 1.52. The molecule has 3 heterocycles. The van der Waals surface area contributed by atoms with Gasteiger partial charge in [-0.1, -0.05) is 31.2 Å². The second kappa shape index (κ2) is 7.40. The lowest BCUT2D eigenvalue weighted by atomic mass is 9.84. The first-order chi connectivity index (χ1) is 14.2. The molecule has 0 unspecified atom stereocenters. The van der Waals surface area contributed by atoms with E-state index in [0.717, 1.165) is 46.3 Å². The van der Waals surface area contributed by atoms with Crippen LogP contribution in [-0.4, -0.2) is 21.2 Å². The lowest BCUT2D eigenvalue weighted by Crippen LogP contribution is -2.19. The van der Waals surface area contributed by atoms with Crippen molar-refractivity contribution in [3.63, 3.8) is 0 Å². The molecule has 0 radical (unpaired) electrons. The Morgan fingerprint density at radius 1 is 1.24 bits per heavy atom. The highest BCUT2D eigenvalue weighted by molar-refractivity contribution is 7.13. The molecule has 146 valence electrons. The van der Waals surface area contributed by atoms with Gasteiger partial charge in [-0.2, -0.15) is 0 Å². The Kier molecular flexibility index (Phi) is 4.60. The average molecular weight is 405 g/mol. The maximum atomic E-state index is 13.1. The molecule has 7 heteroatoms. The fourth-order valence-electron chi connectivity index (χ4n) is 3.81. The van der Waals surface area contributed by atoms with E-state index in [1.54, 1.807) is 0 Å². The minimum absolute atomic E-state index is 0.0574. The lowest BCUT2D eigenvalue weighted by molar-refractivity contribution is 0.0439. The SMILES string of the molecule is C[C@H]1CCc2nc3ccccc3c(C(=O)OCc3nnc(-c4cccs4)o3)c2C1. The monoisotopic (exact) mass is 405 g/mol. The molecule has 0 saturated carbocycles. The van der Waals surface area contributed by atoms with Crippen molar-refractivity contribution >= 4 is 28.2 Å². The van der Waals surface area contributed by atoms with Gasteiger partial charge in [-0.15, -0.1) is 21.5 Å². The number of fused-ring (bicyclic) bond motifs is 2. The number of rotatable bonds is 4. The van der Waals surface area contributed by atoms with Gasteiger partial charge in [0.25, 0.3) is 11.8 Å². The maximum absolute atomic E-state index is 13.1. The number of carbonyl (C=O) groups is 1. The number of aromatic nitrogens is 3. The molecule has 0 aliphatic heterocycles. The molecule has 0 fully saturated rings. The van der Waals surface area contributed by atoms with Gasteiger partial charge < -0.3 is 9.15 Å². The summed E-state index contributed by atoms with van der Waals surface area (Å²) in [4.78, 5) is 18.8. The molecule has 0 saturated heterocycles. The maximum Gasteiger partial charge on any atom is 0.339 e. The number of thiophene rings is 1. The molecule has 0 spiro atoms. The van der Waals surface area contributed by atoms with Gasteiger partial charge in [0.2, 0.25) is 0 Å². The van der Waals surface area contributed by atoms with Gasteiger partial charge in [-0.3, -0.25) is 4.98 Å². The molecular formula is C22H19N3O3S. The molecule has 0 N–H and O–H groups in total. The van der Waals surface area contributed by atoms with Crippen LogP contribution in [0.3, 0.4) is 0 Å². The zero-order chi connectivity index (χ0) is 19.8. The summed E-state index contributed by atoms with van der Waals surface area (Å²) < 4.78 is 11.2. The van der Waals surface area contributed by atoms with Gasteiger partial charge in [0.1, 0.15) is 0 Å². The van der Waals surface area contributed by atoms with Crippen LogP contribution in [0, 0.1) is 5.92 Å². The van der Waals surface area contributed by atoms with Gasteiger partial charge in [-0.25, -0.2) is 4.79 Å². The van der Waals surface area contributed by atoms with Gasteiger partial charge in [-0.05, 0) is 48.3 Å². The highest BCUT2D eigenvalue weighted by Crippen LogP contribution is 2.32. The van der Waals surface area contributed by atoms with Crippen LogP contribution in [-0.2, 0) is 24.2 Å². The van der Waals surface area contributed by atoms with Crippen molar-refractivity contribution in [3.8, 4) is 10.8 Å². The van der Waals surface area contributed by atoms with E-state index in [1.807, 2.05) is 41.8 Å². The summed E-state index contributed by atoms with van der Waals surface area (Å²) in [5.41, 5.74) is 3.46. The number of carbonyl (C=O) groups excluding carboxylic acids is 1. The van der Waals surface area contributed by atoms with Crippen LogP contribution >= 0.6 is 11.3 Å². The molecule has 3 aromatic heterocycles. The number of hydrogen-bond acceptors (Lipinski definition) is 7. The Bertz CT molecular complexity index is 1180. The van der Waals surface area contributed by atoms with Gasteiger partial charge in [0.05, 0.1) is 16.0 Å². The number of aryl methyl sites for hydroxylation is 1. The highest BCUT2D eigenvalue weighted by atomic mass is 32.1. The van der Waals surface area contributed by atoms with E-state index >= 15 is 0 Å². The number of para-hydroxylation sites is 1. The minimum atomic E-state index is -0.371. The number of benzene rings is 1. The smallest absolute Gasteiger partial charge is 0.339 e. The standard InChI is InChI=1S/C22H19N3O3S/c1-13-8-9-17-15(11-13)20(14-5-2-3-6-16(14)23-17)22(26)27-12-19-24-25-21(28-19)18-7-4-10-29-18/h2-7,10,13H,8-9,11-12H2,1H3/t13-/m0/s1. The first-order valence-corrected chi connectivity index (χ1v) is 10.5. The van der Waals surface area contributed by atoms with Crippen LogP contribution in [0.4, 0.5) is 0 Å². The number of nitrogens with zero attached hydrogens (tertiary/aromatic N) is 3. The van der Waals surface area contributed by atoms with Crippen LogP contribution in [0.2, 0.25) is 0 Å². The number of esters is 1. The lowest BCUT2D eigenvalue weighted by Gasteiger charge is -2.24. The number of pyridine rings is 1. The van der Waals surface area contributed by atoms with Gasteiger partial charge in [0, 0.05) is 11.1 Å². The van der Waals surface area contributed by atoms with Crippen molar-refractivity contribution in [2.24, 2.45) is 5.92 Å². The third-order valence-electron chi connectivity index (χ3n) is 5.24. The molecule has 1 aliphatic rings. The largest absolute Gasteiger partial charge is 0.452 e. The van der Waals surface area contributed by atoms with E-state index in [4.69, 9.17) is 14.1 Å². The average Bonchev–Trinajstić information content (AvgIpc) is 3.42. The van der Waals surface area contributed by atoms with Gasteiger partial charge >= 0.3 is 5.97 Å². The van der Waals surface area contributed by atoms with Crippen molar-refractivity contribution in [1.82, 2.24) is 15.2 Å². The van der Waals surface area contributed by atoms with Crippen molar-refractivity contribution in [2.75, 3.05) is 0 Å². The van der Waals surface area contributed by atoms with Crippen molar-refractivity contribution in [3.05, 3.63) is 64.5 Å². The zero-order valence-electron chi connectivity index (χ0n) is 15.9. The minimum Gasteiger partial charge on any atom is -0.452 e. The zero-order valence-corrected chi connectivity index (χ0v) is 16.7. The number of ether oxygens (including phenoxy) is 1. The fraction of sp³-hybridized carbons (Fsp3) is 0.273. The van der Waals surface area contributed by atoms with Crippen LogP contribution in [0.25, 0.3) is 21.7 Å². The van der Waals surface area contributed by atoms with E-state index < -0.39 is 0 Å². The van der Waals surface area contributed by atoms with Crippen molar-refractivity contribution in [2.45, 2.75) is 32.8 Å². The second-order valence-corrected chi connectivity index (χ2v) is 8.28. The molecule has 4 aromatic rings. The Hall–Kier alpha value is -3.06. The fourth-order valence-corrected chi connectivity index (χ4v) is 4.45. The predicted octanol–water partition coefficient (Wildman–Crippen LogP) is 4.83. The second-order valence-electron chi connectivity index (χ2n) is 7.33. The van der Waals surface area contributed by atoms with E-state index in [-0.39, 0.29) is 18.5 Å². The Morgan fingerprint density at radius 2 is 2.14 bits per heavy atom. The van der Waals surface area contributed by atoms with Crippen molar-refractivity contribution in [1.29, 1.82) is 0 Å². The molecule has 0 amide bonds. The third kappa shape index (κ3) is 3.42. The molecule has 6 nitrogen and oxygen atoms in total. The predicted molar refractivity (Wildman–Crippen MR) is 110 cm³/mol. The van der Waals surface area contributed by atoms with Gasteiger partial charge in [0.15, 0.2) is 6.61 Å². The van der Waals surface area contributed by atoms with Crippen LogP contribution < -0.4 is 0 Å².